The van der Waals surface area contributed by atoms with Crippen LogP contribution in [0.4, 0.5) is 0 Å². The SMILES string of the molecule is COC1C=CC(C2C(OC(=O)c3ccc(C#N)cc3)OCC3CCCCN32)=CC1. The first-order valence-electron chi connectivity index (χ1n) is 10.2. The molecule has 6 heteroatoms. The van der Waals surface area contributed by atoms with Gasteiger partial charge in [0.15, 0.2) is 0 Å². The fraction of sp³-hybridized carbons (Fsp3) is 0.478. The van der Waals surface area contributed by atoms with Gasteiger partial charge in [0.25, 0.3) is 0 Å². The lowest BCUT2D eigenvalue weighted by Crippen LogP contribution is -2.60. The van der Waals surface area contributed by atoms with E-state index in [1.807, 2.05) is 0 Å². The number of rotatable bonds is 4. The van der Waals surface area contributed by atoms with Crippen LogP contribution in [0.3, 0.4) is 0 Å². The van der Waals surface area contributed by atoms with Crippen molar-refractivity contribution in [2.75, 3.05) is 20.3 Å². The predicted molar refractivity (Wildman–Crippen MR) is 107 cm³/mol. The molecule has 0 spiro atoms. The molecule has 152 valence electrons. The molecule has 0 N–H and O–H groups in total. The fourth-order valence-corrected chi connectivity index (χ4v) is 4.33. The molecule has 2 aliphatic heterocycles. The van der Waals surface area contributed by atoms with Crippen molar-refractivity contribution in [1.29, 1.82) is 5.26 Å². The quantitative estimate of drug-likeness (QED) is 0.731. The molecule has 1 aromatic carbocycles. The number of carbonyl (C=O) groups is 1. The minimum Gasteiger partial charge on any atom is -0.430 e. The highest BCUT2D eigenvalue weighted by Crippen LogP contribution is 2.33. The number of ether oxygens (including phenoxy) is 3. The van der Waals surface area contributed by atoms with Crippen LogP contribution < -0.4 is 0 Å². The molecule has 0 radical (unpaired) electrons. The number of benzene rings is 1. The predicted octanol–water partition coefficient (Wildman–Crippen LogP) is 3.20. The smallest absolute Gasteiger partial charge is 0.340 e. The van der Waals surface area contributed by atoms with E-state index in [1.165, 1.54) is 6.42 Å². The summed E-state index contributed by atoms with van der Waals surface area (Å²) in [5, 5.41) is 8.94. The Kier molecular flexibility index (Phi) is 6.10. The van der Waals surface area contributed by atoms with E-state index in [0.717, 1.165) is 31.4 Å². The zero-order valence-electron chi connectivity index (χ0n) is 16.6. The van der Waals surface area contributed by atoms with E-state index >= 15 is 0 Å². The molecule has 2 heterocycles. The first-order valence-corrected chi connectivity index (χ1v) is 10.2. The fourth-order valence-electron chi connectivity index (χ4n) is 4.33. The molecule has 6 nitrogen and oxygen atoms in total. The standard InChI is InChI=1S/C23H26N2O4/c1-27-20-11-9-17(10-12-20)21-23(28-15-19-4-2-3-13-25(19)21)29-22(26)18-7-5-16(14-24)6-8-18/h5-11,19-21,23H,2-4,12-13,15H2,1H3. The van der Waals surface area contributed by atoms with Crippen molar-refractivity contribution >= 4 is 5.97 Å². The topological polar surface area (TPSA) is 71.8 Å². The van der Waals surface area contributed by atoms with Crippen LogP contribution in [0.5, 0.6) is 0 Å². The van der Waals surface area contributed by atoms with Gasteiger partial charge in [0.05, 0.1) is 35.9 Å². The molecule has 0 aromatic heterocycles. The van der Waals surface area contributed by atoms with Gasteiger partial charge in [-0.2, -0.15) is 5.26 Å². The van der Waals surface area contributed by atoms with Crippen molar-refractivity contribution in [3.05, 3.63) is 59.2 Å². The minimum absolute atomic E-state index is 0.0834. The maximum atomic E-state index is 12.7. The molecule has 2 saturated heterocycles. The molecule has 0 saturated carbocycles. The van der Waals surface area contributed by atoms with Crippen molar-refractivity contribution in [2.24, 2.45) is 0 Å². The highest BCUT2D eigenvalue weighted by molar-refractivity contribution is 5.89. The number of nitriles is 1. The number of esters is 1. The summed E-state index contributed by atoms with van der Waals surface area (Å²) in [6, 6.07) is 8.76. The summed E-state index contributed by atoms with van der Waals surface area (Å²) in [6.45, 7) is 1.54. The zero-order chi connectivity index (χ0) is 20.2. The average Bonchev–Trinajstić information content (AvgIpc) is 2.79. The van der Waals surface area contributed by atoms with E-state index in [9.17, 15) is 4.79 Å². The van der Waals surface area contributed by atoms with Crippen molar-refractivity contribution in [3.8, 4) is 6.07 Å². The van der Waals surface area contributed by atoms with Gasteiger partial charge in [0.1, 0.15) is 0 Å². The van der Waals surface area contributed by atoms with Crippen LogP contribution in [0.2, 0.25) is 0 Å². The summed E-state index contributed by atoms with van der Waals surface area (Å²) in [5.74, 6) is -0.435. The van der Waals surface area contributed by atoms with Crippen molar-refractivity contribution in [3.63, 3.8) is 0 Å². The molecular weight excluding hydrogens is 368 g/mol. The number of carbonyl (C=O) groups excluding carboxylic acids is 1. The Hall–Kier alpha value is -2.46. The van der Waals surface area contributed by atoms with Crippen molar-refractivity contribution < 1.29 is 19.0 Å². The summed E-state index contributed by atoms with van der Waals surface area (Å²) < 4.78 is 17.3. The second-order valence-electron chi connectivity index (χ2n) is 7.70. The average molecular weight is 394 g/mol. The molecule has 3 aliphatic rings. The third kappa shape index (κ3) is 4.27. The summed E-state index contributed by atoms with van der Waals surface area (Å²) >= 11 is 0. The lowest BCUT2D eigenvalue weighted by molar-refractivity contribution is -0.195. The molecule has 29 heavy (non-hydrogen) atoms. The normalized spacial score (nSPS) is 29.4. The molecule has 1 aliphatic carbocycles. The molecule has 4 unspecified atom stereocenters. The summed E-state index contributed by atoms with van der Waals surface area (Å²) in [4.78, 5) is 15.2. The molecule has 4 rings (SSSR count). The third-order valence-corrected chi connectivity index (χ3v) is 5.95. The van der Waals surface area contributed by atoms with Gasteiger partial charge in [0, 0.05) is 13.2 Å². The highest BCUT2D eigenvalue weighted by atomic mass is 16.7. The monoisotopic (exact) mass is 394 g/mol. The number of hydrogen-bond donors (Lipinski definition) is 0. The van der Waals surface area contributed by atoms with Crippen LogP contribution in [0, 0.1) is 11.3 Å². The summed E-state index contributed by atoms with van der Waals surface area (Å²) in [6.07, 6.45) is 9.96. The van der Waals surface area contributed by atoms with Crippen LogP contribution in [0.15, 0.2) is 48.1 Å². The lowest BCUT2D eigenvalue weighted by Gasteiger charge is -2.48. The number of fused-ring (bicyclic) bond motifs is 1. The van der Waals surface area contributed by atoms with E-state index in [0.29, 0.717) is 23.8 Å². The van der Waals surface area contributed by atoms with E-state index < -0.39 is 12.3 Å². The van der Waals surface area contributed by atoms with Crippen LogP contribution in [0.25, 0.3) is 0 Å². The van der Waals surface area contributed by atoms with Crippen LogP contribution in [-0.4, -0.2) is 55.6 Å². The Balaban J connectivity index is 1.55. The van der Waals surface area contributed by atoms with E-state index in [2.05, 4.69) is 29.2 Å². The first kappa shape index (κ1) is 19.8. The summed E-state index contributed by atoms with van der Waals surface area (Å²) in [7, 11) is 1.71. The van der Waals surface area contributed by atoms with Gasteiger partial charge in [-0.3, -0.25) is 4.90 Å². The van der Waals surface area contributed by atoms with Crippen molar-refractivity contribution in [2.45, 2.75) is 50.2 Å². The minimum atomic E-state index is -0.664. The maximum Gasteiger partial charge on any atom is 0.340 e. The Labute approximate surface area is 171 Å². The molecule has 0 amide bonds. The van der Waals surface area contributed by atoms with Gasteiger partial charge in [0.2, 0.25) is 6.29 Å². The number of methoxy groups -OCH3 is 1. The van der Waals surface area contributed by atoms with E-state index in [1.54, 1.807) is 31.4 Å². The van der Waals surface area contributed by atoms with Crippen LogP contribution in [-0.2, 0) is 14.2 Å². The van der Waals surface area contributed by atoms with E-state index in [4.69, 9.17) is 19.5 Å². The zero-order valence-corrected chi connectivity index (χ0v) is 16.6. The third-order valence-electron chi connectivity index (χ3n) is 5.95. The van der Waals surface area contributed by atoms with Gasteiger partial charge in [-0.05, 0) is 55.6 Å². The molecule has 1 aromatic rings. The van der Waals surface area contributed by atoms with Gasteiger partial charge in [-0.25, -0.2) is 4.79 Å². The first-order chi connectivity index (χ1) is 14.2. The second kappa shape index (κ2) is 8.91. The number of hydrogen-bond acceptors (Lipinski definition) is 6. The van der Waals surface area contributed by atoms with Gasteiger partial charge < -0.3 is 14.2 Å². The molecule has 0 bridgehead atoms. The number of piperidine rings is 1. The van der Waals surface area contributed by atoms with Gasteiger partial charge in [-0.15, -0.1) is 0 Å². The van der Waals surface area contributed by atoms with E-state index in [-0.39, 0.29) is 12.1 Å². The maximum absolute atomic E-state index is 12.7. The van der Waals surface area contributed by atoms with Gasteiger partial charge in [-0.1, -0.05) is 24.6 Å². The second-order valence-corrected chi connectivity index (χ2v) is 7.70. The van der Waals surface area contributed by atoms with Crippen molar-refractivity contribution in [1.82, 2.24) is 4.90 Å². The van der Waals surface area contributed by atoms with Crippen LogP contribution in [0.1, 0.15) is 41.6 Å². The van der Waals surface area contributed by atoms with Gasteiger partial charge >= 0.3 is 5.97 Å². The number of morpholine rings is 1. The van der Waals surface area contributed by atoms with Crippen LogP contribution >= 0.6 is 0 Å². The Morgan fingerprint density at radius 3 is 2.79 bits per heavy atom. The summed E-state index contributed by atoms with van der Waals surface area (Å²) in [5.41, 5.74) is 2.04. The molecular formula is C23H26N2O4. The lowest BCUT2D eigenvalue weighted by atomic mass is 9.91. The number of nitrogens with zero attached hydrogens (tertiary/aromatic N) is 2. The highest BCUT2D eigenvalue weighted by Gasteiger charge is 2.43. The largest absolute Gasteiger partial charge is 0.430 e. The Bertz CT molecular complexity index is 839. The Morgan fingerprint density at radius 1 is 1.28 bits per heavy atom. The molecule has 4 atom stereocenters. The molecule has 2 fully saturated rings. The Morgan fingerprint density at radius 2 is 2.10 bits per heavy atom.